The third-order valence-electron chi connectivity index (χ3n) is 3.93. The molecule has 0 amide bonds. The van der Waals surface area contributed by atoms with Crippen LogP contribution >= 0.6 is 11.6 Å². The van der Waals surface area contributed by atoms with Crippen LogP contribution in [-0.4, -0.2) is 14.5 Å². The molecule has 4 aromatic rings. The number of aromatic nitrogens is 3. The van der Waals surface area contributed by atoms with Crippen molar-refractivity contribution in [1.82, 2.24) is 14.5 Å². The molecule has 4 rings (SSSR count). The Morgan fingerprint density at radius 3 is 2.82 bits per heavy atom. The molecule has 2 aromatic carbocycles. The lowest BCUT2D eigenvalue weighted by Crippen LogP contribution is -1.91. The second-order valence-corrected chi connectivity index (χ2v) is 5.97. The van der Waals surface area contributed by atoms with E-state index in [0.717, 1.165) is 27.9 Å². The molecule has 0 atom stereocenters. The van der Waals surface area contributed by atoms with Crippen molar-refractivity contribution in [2.45, 2.75) is 6.92 Å². The van der Waals surface area contributed by atoms with Gasteiger partial charge in [-0.2, -0.15) is 0 Å². The first kappa shape index (κ1) is 13.3. The fraction of sp³-hybridized carbons (Fsp3) is 0.111. The van der Waals surface area contributed by atoms with Gasteiger partial charge in [0.05, 0.1) is 16.7 Å². The lowest BCUT2D eigenvalue weighted by Gasteiger charge is -2.08. The van der Waals surface area contributed by atoms with Gasteiger partial charge in [-0.25, -0.2) is 4.98 Å². The largest absolute Gasteiger partial charge is 0.351 e. The average molecular weight is 308 g/mol. The molecule has 22 heavy (non-hydrogen) atoms. The highest BCUT2D eigenvalue weighted by Gasteiger charge is 2.10. The van der Waals surface area contributed by atoms with Crippen LogP contribution in [0, 0.1) is 6.92 Å². The number of benzene rings is 2. The molecule has 0 N–H and O–H groups in total. The highest BCUT2D eigenvalue weighted by Crippen LogP contribution is 2.32. The SMILES string of the molecule is Cc1cnc2c(-c3ccc4ccn(C)c4c3)cc(Cl)cc2n1. The van der Waals surface area contributed by atoms with Crippen LogP contribution in [0.1, 0.15) is 5.69 Å². The molecule has 0 aliphatic carbocycles. The van der Waals surface area contributed by atoms with Crippen LogP contribution in [0.5, 0.6) is 0 Å². The number of halogens is 1. The molecule has 3 nitrogen and oxygen atoms in total. The maximum absolute atomic E-state index is 6.28. The number of aryl methyl sites for hydroxylation is 2. The molecule has 0 aliphatic rings. The van der Waals surface area contributed by atoms with Gasteiger partial charge in [0, 0.05) is 35.5 Å². The fourth-order valence-corrected chi connectivity index (χ4v) is 3.05. The van der Waals surface area contributed by atoms with Crippen molar-refractivity contribution in [3.05, 3.63) is 59.5 Å². The van der Waals surface area contributed by atoms with E-state index in [2.05, 4.69) is 45.0 Å². The average Bonchev–Trinajstić information content (AvgIpc) is 2.87. The minimum absolute atomic E-state index is 0.675. The topological polar surface area (TPSA) is 30.7 Å². The van der Waals surface area contributed by atoms with Gasteiger partial charge in [0.2, 0.25) is 0 Å². The minimum Gasteiger partial charge on any atom is -0.351 e. The zero-order valence-electron chi connectivity index (χ0n) is 12.3. The van der Waals surface area contributed by atoms with Gasteiger partial charge in [-0.1, -0.05) is 23.7 Å². The van der Waals surface area contributed by atoms with E-state index in [9.17, 15) is 0 Å². The highest BCUT2D eigenvalue weighted by molar-refractivity contribution is 6.31. The zero-order chi connectivity index (χ0) is 15.3. The molecule has 0 radical (unpaired) electrons. The maximum atomic E-state index is 6.28. The lowest BCUT2D eigenvalue weighted by molar-refractivity contribution is 0.969. The smallest absolute Gasteiger partial charge is 0.0966 e. The van der Waals surface area contributed by atoms with Gasteiger partial charge in [-0.05, 0) is 42.1 Å². The molecule has 0 saturated heterocycles. The molecule has 0 fully saturated rings. The van der Waals surface area contributed by atoms with Gasteiger partial charge in [0.1, 0.15) is 0 Å². The lowest BCUT2D eigenvalue weighted by atomic mass is 10.0. The maximum Gasteiger partial charge on any atom is 0.0966 e. The van der Waals surface area contributed by atoms with Crippen molar-refractivity contribution in [2.75, 3.05) is 0 Å². The highest BCUT2D eigenvalue weighted by atomic mass is 35.5. The first-order chi connectivity index (χ1) is 10.6. The van der Waals surface area contributed by atoms with Crippen molar-refractivity contribution in [1.29, 1.82) is 0 Å². The predicted molar refractivity (Wildman–Crippen MR) is 91.2 cm³/mol. The Hall–Kier alpha value is -2.39. The van der Waals surface area contributed by atoms with Crippen LogP contribution in [-0.2, 0) is 7.05 Å². The number of hydrogen-bond acceptors (Lipinski definition) is 2. The second kappa shape index (κ2) is 4.82. The Morgan fingerprint density at radius 2 is 1.95 bits per heavy atom. The van der Waals surface area contributed by atoms with Crippen LogP contribution in [0.3, 0.4) is 0 Å². The van der Waals surface area contributed by atoms with E-state index in [1.165, 1.54) is 10.9 Å². The normalized spacial score (nSPS) is 11.4. The summed E-state index contributed by atoms with van der Waals surface area (Å²) >= 11 is 6.28. The van der Waals surface area contributed by atoms with Crippen molar-refractivity contribution in [2.24, 2.45) is 7.05 Å². The van der Waals surface area contributed by atoms with Gasteiger partial charge in [-0.15, -0.1) is 0 Å². The fourth-order valence-electron chi connectivity index (χ4n) is 2.83. The molecule has 108 valence electrons. The summed E-state index contributed by atoms with van der Waals surface area (Å²) in [6.07, 6.45) is 3.86. The zero-order valence-corrected chi connectivity index (χ0v) is 13.1. The molecule has 0 saturated carbocycles. The van der Waals surface area contributed by atoms with Gasteiger partial charge < -0.3 is 4.57 Å². The van der Waals surface area contributed by atoms with Gasteiger partial charge in [0.25, 0.3) is 0 Å². The summed E-state index contributed by atoms with van der Waals surface area (Å²) in [6.45, 7) is 1.93. The van der Waals surface area contributed by atoms with E-state index < -0.39 is 0 Å². The van der Waals surface area contributed by atoms with Crippen molar-refractivity contribution in [3.8, 4) is 11.1 Å². The van der Waals surface area contributed by atoms with Crippen molar-refractivity contribution in [3.63, 3.8) is 0 Å². The summed E-state index contributed by atoms with van der Waals surface area (Å²) in [7, 11) is 2.05. The number of nitrogens with zero attached hydrogens (tertiary/aromatic N) is 3. The molecule has 0 bridgehead atoms. The van der Waals surface area contributed by atoms with E-state index in [0.29, 0.717) is 5.02 Å². The molecular weight excluding hydrogens is 294 g/mol. The van der Waals surface area contributed by atoms with Crippen LogP contribution in [0.25, 0.3) is 33.1 Å². The van der Waals surface area contributed by atoms with Crippen molar-refractivity contribution >= 4 is 33.5 Å². The third kappa shape index (κ3) is 2.06. The van der Waals surface area contributed by atoms with E-state index in [-0.39, 0.29) is 0 Å². The van der Waals surface area contributed by atoms with Crippen LogP contribution < -0.4 is 0 Å². The van der Waals surface area contributed by atoms with Gasteiger partial charge in [0.15, 0.2) is 0 Å². The Kier molecular flexibility index (Phi) is 2.91. The number of fused-ring (bicyclic) bond motifs is 2. The monoisotopic (exact) mass is 307 g/mol. The summed E-state index contributed by atoms with van der Waals surface area (Å²) in [4.78, 5) is 9.10. The van der Waals surface area contributed by atoms with Gasteiger partial charge >= 0.3 is 0 Å². The second-order valence-electron chi connectivity index (χ2n) is 5.53. The first-order valence-corrected chi connectivity index (χ1v) is 7.48. The first-order valence-electron chi connectivity index (χ1n) is 7.10. The van der Waals surface area contributed by atoms with Crippen molar-refractivity contribution < 1.29 is 0 Å². The number of rotatable bonds is 1. The van der Waals surface area contributed by atoms with E-state index in [1.807, 2.05) is 26.1 Å². The quantitative estimate of drug-likeness (QED) is 0.508. The molecule has 0 aliphatic heterocycles. The minimum atomic E-state index is 0.675. The van der Waals surface area contributed by atoms with E-state index in [4.69, 9.17) is 11.6 Å². The Morgan fingerprint density at radius 1 is 1.09 bits per heavy atom. The Labute approximate surface area is 133 Å². The summed E-state index contributed by atoms with van der Waals surface area (Å²) in [5, 5.41) is 1.90. The Bertz CT molecular complexity index is 1010. The van der Waals surface area contributed by atoms with Gasteiger partial charge in [-0.3, -0.25) is 4.98 Å². The van der Waals surface area contributed by atoms with Crippen LogP contribution in [0.2, 0.25) is 5.02 Å². The summed E-state index contributed by atoms with van der Waals surface area (Å²) in [6, 6.07) is 12.3. The summed E-state index contributed by atoms with van der Waals surface area (Å²) in [5.41, 5.74) is 5.89. The summed E-state index contributed by atoms with van der Waals surface area (Å²) in [5.74, 6) is 0. The number of hydrogen-bond donors (Lipinski definition) is 0. The van der Waals surface area contributed by atoms with Crippen LogP contribution in [0.4, 0.5) is 0 Å². The van der Waals surface area contributed by atoms with Crippen LogP contribution in [0.15, 0.2) is 48.8 Å². The standard InChI is InChI=1S/C18H14ClN3/c1-11-10-20-18-15(8-14(19)9-16(18)21-11)13-4-3-12-5-6-22(2)17(12)7-13/h3-10H,1-2H3. The summed E-state index contributed by atoms with van der Waals surface area (Å²) < 4.78 is 2.11. The third-order valence-corrected chi connectivity index (χ3v) is 4.15. The predicted octanol–water partition coefficient (Wildman–Crippen LogP) is 4.75. The molecule has 2 aromatic heterocycles. The molecule has 2 heterocycles. The Balaban J connectivity index is 2.04. The molecule has 0 spiro atoms. The molecular formula is C18H14ClN3. The molecule has 0 unspecified atom stereocenters. The van der Waals surface area contributed by atoms with E-state index in [1.54, 1.807) is 6.20 Å². The van der Waals surface area contributed by atoms with E-state index >= 15 is 0 Å². The molecule has 4 heteroatoms.